The molecule has 0 atom stereocenters. The molecule has 2 nitrogen and oxygen atoms in total. The van der Waals surface area contributed by atoms with Crippen LogP contribution in [0, 0.1) is 11.3 Å². The summed E-state index contributed by atoms with van der Waals surface area (Å²) in [5.41, 5.74) is 2.57. The maximum absolute atomic E-state index is 9.26. The molecule has 0 unspecified atom stereocenters. The molecule has 0 radical (unpaired) electrons. The smallest absolute Gasteiger partial charge is 0.145 e. The van der Waals surface area contributed by atoms with Gasteiger partial charge >= 0.3 is 0 Å². The Kier molecular flexibility index (Phi) is 4.22. The van der Waals surface area contributed by atoms with Gasteiger partial charge in [-0.1, -0.05) is 64.5 Å². The molecule has 3 aromatic carbocycles. The average molecular weight is 350 g/mol. The first kappa shape index (κ1) is 14.4. The molecule has 0 saturated heterocycles. The summed E-state index contributed by atoms with van der Waals surface area (Å²) in [7, 11) is 0. The predicted octanol–water partition coefficient (Wildman–Crippen LogP) is 5.78. The van der Waals surface area contributed by atoms with E-state index in [1.807, 2.05) is 60.7 Å². The van der Waals surface area contributed by atoms with Gasteiger partial charge in [-0.2, -0.15) is 5.26 Å². The molecule has 0 amide bonds. The first-order valence-corrected chi connectivity index (χ1v) is 7.59. The Morgan fingerprint density at radius 2 is 1.55 bits per heavy atom. The molecule has 0 fully saturated rings. The van der Waals surface area contributed by atoms with Crippen LogP contribution in [0.15, 0.2) is 77.3 Å². The van der Waals surface area contributed by atoms with Crippen molar-refractivity contribution in [2.75, 3.05) is 0 Å². The van der Waals surface area contributed by atoms with Gasteiger partial charge in [0.25, 0.3) is 0 Å². The molecule has 3 heteroatoms. The average Bonchev–Trinajstić information content (AvgIpc) is 2.57. The largest absolute Gasteiger partial charge is 0.455 e. The molecule has 0 N–H and O–H groups in total. The van der Waals surface area contributed by atoms with E-state index in [2.05, 4.69) is 22.0 Å². The van der Waals surface area contributed by atoms with Gasteiger partial charge in [-0.3, -0.25) is 0 Å². The van der Waals surface area contributed by atoms with Crippen molar-refractivity contribution in [2.24, 2.45) is 0 Å². The van der Waals surface area contributed by atoms with Gasteiger partial charge in [0.2, 0.25) is 0 Å². The van der Waals surface area contributed by atoms with Crippen molar-refractivity contribution >= 4 is 15.9 Å². The van der Waals surface area contributed by atoms with Gasteiger partial charge in [0.05, 0.1) is 5.56 Å². The lowest BCUT2D eigenvalue weighted by molar-refractivity contribution is 0.483. The van der Waals surface area contributed by atoms with E-state index in [1.54, 1.807) is 12.1 Å². The summed E-state index contributed by atoms with van der Waals surface area (Å²) in [6, 6.07) is 25.4. The number of benzene rings is 3. The molecule has 0 aliphatic rings. The second kappa shape index (κ2) is 6.46. The van der Waals surface area contributed by atoms with E-state index in [4.69, 9.17) is 4.74 Å². The van der Waals surface area contributed by atoms with Gasteiger partial charge in [0, 0.05) is 10.0 Å². The topological polar surface area (TPSA) is 33.0 Å². The summed E-state index contributed by atoms with van der Waals surface area (Å²) in [5.74, 6) is 1.28. The highest BCUT2D eigenvalue weighted by molar-refractivity contribution is 9.10. The van der Waals surface area contributed by atoms with Crippen LogP contribution in [-0.2, 0) is 0 Å². The fourth-order valence-electron chi connectivity index (χ4n) is 2.21. The van der Waals surface area contributed by atoms with Crippen molar-refractivity contribution in [3.8, 4) is 28.7 Å². The minimum atomic E-state index is 0.497. The van der Waals surface area contributed by atoms with Crippen LogP contribution in [0.1, 0.15) is 5.56 Å². The van der Waals surface area contributed by atoms with Crippen LogP contribution in [0.5, 0.6) is 11.5 Å². The Bertz CT molecular complexity index is 838. The highest BCUT2D eigenvalue weighted by Gasteiger charge is 2.10. The summed E-state index contributed by atoms with van der Waals surface area (Å²) < 4.78 is 6.85. The van der Waals surface area contributed by atoms with Gasteiger partial charge in [0.1, 0.15) is 17.6 Å². The van der Waals surface area contributed by atoms with E-state index in [9.17, 15) is 5.26 Å². The molecule has 0 aliphatic carbocycles. The van der Waals surface area contributed by atoms with E-state index in [-0.39, 0.29) is 0 Å². The van der Waals surface area contributed by atoms with Crippen molar-refractivity contribution in [1.29, 1.82) is 5.26 Å². The standard InChI is InChI=1S/C19H12BrNO/c20-16-10-11-18(15(12-16)13-21)22-19-9-5-4-8-17(19)14-6-2-1-3-7-14/h1-12H. The molecule has 3 rings (SSSR count). The van der Waals surface area contributed by atoms with Crippen LogP contribution in [0.25, 0.3) is 11.1 Å². The van der Waals surface area contributed by atoms with E-state index in [1.165, 1.54) is 0 Å². The minimum absolute atomic E-state index is 0.497. The van der Waals surface area contributed by atoms with Gasteiger partial charge in [-0.15, -0.1) is 0 Å². The van der Waals surface area contributed by atoms with Crippen LogP contribution in [0.3, 0.4) is 0 Å². The van der Waals surface area contributed by atoms with E-state index in [0.717, 1.165) is 21.3 Å². The number of hydrogen-bond donors (Lipinski definition) is 0. The maximum atomic E-state index is 9.26. The molecule has 0 aliphatic heterocycles. The lowest BCUT2D eigenvalue weighted by atomic mass is 10.0. The molecule has 22 heavy (non-hydrogen) atoms. The number of rotatable bonds is 3. The fourth-order valence-corrected chi connectivity index (χ4v) is 2.57. The highest BCUT2D eigenvalue weighted by atomic mass is 79.9. The van der Waals surface area contributed by atoms with Gasteiger partial charge in [0.15, 0.2) is 0 Å². The number of ether oxygens (including phenoxy) is 1. The predicted molar refractivity (Wildman–Crippen MR) is 90.8 cm³/mol. The molecule has 0 aromatic heterocycles. The molecule has 0 saturated carbocycles. The van der Waals surface area contributed by atoms with Crippen LogP contribution >= 0.6 is 15.9 Å². The minimum Gasteiger partial charge on any atom is -0.455 e. The molecular formula is C19H12BrNO. The normalized spacial score (nSPS) is 10.0. The molecule has 0 heterocycles. The van der Waals surface area contributed by atoms with Crippen molar-refractivity contribution < 1.29 is 4.74 Å². The highest BCUT2D eigenvalue weighted by Crippen LogP contribution is 2.34. The molecule has 0 spiro atoms. The lowest BCUT2D eigenvalue weighted by Gasteiger charge is -2.12. The molecule has 106 valence electrons. The zero-order valence-electron chi connectivity index (χ0n) is 11.7. The number of nitriles is 1. The lowest BCUT2D eigenvalue weighted by Crippen LogP contribution is -1.91. The van der Waals surface area contributed by atoms with Crippen LogP contribution in [0.4, 0.5) is 0 Å². The van der Waals surface area contributed by atoms with Crippen LogP contribution < -0.4 is 4.74 Å². The SMILES string of the molecule is N#Cc1cc(Br)ccc1Oc1ccccc1-c1ccccc1. The van der Waals surface area contributed by atoms with Crippen LogP contribution in [0.2, 0.25) is 0 Å². The third-order valence-electron chi connectivity index (χ3n) is 3.25. The second-order valence-corrected chi connectivity index (χ2v) is 5.63. The van der Waals surface area contributed by atoms with E-state index < -0.39 is 0 Å². The third-order valence-corrected chi connectivity index (χ3v) is 3.75. The van der Waals surface area contributed by atoms with Crippen LogP contribution in [-0.4, -0.2) is 0 Å². The quantitative estimate of drug-likeness (QED) is 0.600. The first-order valence-electron chi connectivity index (χ1n) is 6.80. The Hall–Kier alpha value is -2.57. The zero-order chi connectivity index (χ0) is 15.4. The summed E-state index contributed by atoms with van der Waals surface area (Å²) in [6.45, 7) is 0. The Morgan fingerprint density at radius 3 is 2.32 bits per heavy atom. The molecular weight excluding hydrogens is 338 g/mol. The maximum Gasteiger partial charge on any atom is 0.145 e. The summed E-state index contributed by atoms with van der Waals surface area (Å²) in [4.78, 5) is 0. The number of nitrogens with zero attached hydrogens (tertiary/aromatic N) is 1. The van der Waals surface area contributed by atoms with Gasteiger partial charge in [-0.05, 0) is 29.8 Å². The summed E-state index contributed by atoms with van der Waals surface area (Å²) in [5, 5.41) is 9.26. The Morgan fingerprint density at radius 1 is 0.818 bits per heavy atom. The number of halogens is 1. The zero-order valence-corrected chi connectivity index (χ0v) is 13.2. The van der Waals surface area contributed by atoms with Crippen molar-refractivity contribution in [2.45, 2.75) is 0 Å². The van der Waals surface area contributed by atoms with E-state index >= 15 is 0 Å². The third kappa shape index (κ3) is 3.03. The first-order chi connectivity index (χ1) is 10.8. The van der Waals surface area contributed by atoms with Crippen molar-refractivity contribution in [3.63, 3.8) is 0 Å². The molecule has 0 bridgehead atoms. The fraction of sp³-hybridized carbons (Fsp3) is 0. The van der Waals surface area contributed by atoms with Gasteiger partial charge < -0.3 is 4.74 Å². The summed E-state index contributed by atoms with van der Waals surface area (Å²) in [6.07, 6.45) is 0. The van der Waals surface area contributed by atoms with Gasteiger partial charge in [-0.25, -0.2) is 0 Å². The second-order valence-electron chi connectivity index (χ2n) is 4.72. The van der Waals surface area contributed by atoms with Crippen molar-refractivity contribution in [3.05, 3.63) is 82.8 Å². The summed E-state index contributed by atoms with van der Waals surface area (Å²) >= 11 is 3.37. The van der Waals surface area contributed by atoms with E-state index in [0.29, 0.717) is 11.3 Å². The Labute approximate surface area is 137 Å². The number of para-hydroxylation sites is 1. The number of hydrogen-bond acceptors (Lipinski definition) is 2. The monoisotopic (exact) mass is 349 g/mol. The van der Waals surface area contributed by atoms with Crippen molar-refractivity contribution in [1.82, 2.24) is 0 Å². The molecule has 3 aromatic rings. The Balaban J connectivity index is 2.03.